The van der Waals surface area contributed by atoms with Gasteiger partial charge in [-0.25, -0.2) is 9.59 Å². The standard InChI is InChI=1S/C27H43ClN4O4/c1-19(29-2)24(16-20-8-4-3-5-9-20)31-26(33)32-14-7-11-22(18-32)25(36-15-13-30-27(34)35)21-10-6-12-23(28)17-21/h6,10,12,17,19-20,22,24-25,29-30H,3-5,7-9,11,13-16,18H2,1-2H3,(H,31,33)(H,34,35)/t19-,22-,24+,25?/m1/s1. The molecular formula is C27H43ClN4O4. The van der Waals surface area contributed by atoms with E-state index in [1.807, 2.05) is 36.2 Å². The van der Waals surface area contributed by atoms with E-state index in [1.165, 1.54) is 32.1 Å². The molecule has 0 bridgehead atoms. The minimum Gasteiger partial charge on any atom is -0.465 e. The molecule has 1 unspecified atom stereocenters. The van der Waals surface area contributed by atoms with Gasteiger partial charge in [-0.3, -0.25) is 0 Å². The Kier molecular flexibility index (Phi) is 11.6. The Hall–Kier alpha value is -2.03. The number of urea groups is 1. The van der Waals surface area contributed by atoms with Crippen molar-refractivity contribution in [1.82, 2.24) is 20.9 Å². The Bertz CT molecular complexity index is 836. The van der Waals surface area contributed by atoms with Crippen molar-refractivity contribution < 1.29 is 19.4 Å². The lowest BCUT2D eigenvalue weighted by Crippen LogP contribution is -2.54. The van der Waals surface area contributed by atoms with Gasteiger partial charge >= 0.3 is 12.1 Å². The van der Waals surface area contributed by atoms with Crippen molar-refractivity contribution in [3.8, 4) is 0 Å². The lowest BCUT2D eigenvalue weighted by molar-refractivity contribution is -0.00857. The second kappa shape index (κ2) is 14.6. The molecular weight excluding hydrogens is 480 g/mol. The second-order valence-electron chi connectivity index (χ2n) is 10.3. The summed E-state index contributed by atoms with van der Waals surface area (Å²) in [4.78, 5) is 26.2. The van der Waals surface area contributed by atoms with Gasteiger partial charge in [0.05, 0.1) is 12.7 Å². The van der Waals surface area contributed by atoms with Gasteiger partial charge in [0, 0.05) is 42.7 Å². The number of nitrogens with zero attached hydrogens (tertiary/aromatic N) is 1. The van der Waals surface area contributed by atoms with Crippen LogP contribution in [0.2, 0.25) is 5.02 Å². The summed E-state index contributed by atoms with van der Waals surface area (Å²) < 4.78 is 6.19. The van der Waals surface area contributed by atoms with E-state index in [0.717, 1.165) is 31.4 Å². The summed E-state index contributed by atoms with van der Waals surface area (Å²) in [6.45, 7) is 3.89. The number of carbonyl (C=O) groups excluding carboxylic acids is 1. The van der Waals surface area contributed by atoms with Crippen LogP contribution >= 0.6 is 11.6 Å². The zero-order chi connectivity index (χ0) is 25.9. The van der Waals surface area contributed by atoms with Crippen LogP contribution in [0.5, 0.6) is 0 Å². The van der Waals surface area contributed by atoms with Gasteiger partial charge in [0.25, 0.3) is 0 Å². The number of likely N-dealkylation sites (tertiary alicyclic amines) is 1. The molecule has 4 atom stereocenters. The van der Waals surface area contributed by atoms with E-state index in [4.69, 9.17) is 21.4 Å². The van der Waals surface area contributed by atoms with Gasteiger partial charge in [0.15, 0.2) is 0 Å². The number of likely N-dealkylation sites (N-methyl/N-ethyl adjacent to an activating group) is 1. The van der Waals surface area contributed by atoms with Crippen molar-refractivity contribution in [2.75, 3.05) is 33.3 Å². The molecule has 0 aromatic heterocycles. The Morgan fingerprint density at radius 1 is 1.19 bits per heavy atom. The molecule has 1 heterocycles. The molecule has 3 rings (SSSR count). The molecule has 1 aromatic rings. The number of amides is 3. The van der Waals surface area contributed by atoms with Crippen molar-refractivity contribution in [1.29, 1.82) is 0 Å². The Morgan fingerprint density at radius 2 is 1.97 bits per heavy atom. The van der Waals surface area contributed by atoms with Gasteiger partial charge in [-0.05, 0) is 56.8 Å². The first-order valence-corrected chi connectivity index (χ1v) is 13.8. The van der Waals surface area contributed by atoms with Crippen molar-refractivity contribution >= 4 is 23.7 Å². The number of carbonyl (C=O) groups is 2. The Balaban J connectivity index is 1.65. The molecule has 202 valence electrons. The SMILES string of the molecule is CN[C@H](C)[C@H](CC1CCCCC1)NC(=O)N1CCC[C@@H](C(OCCNC(=O)O)c2cccc(Cl)c2)C1. The zero-order valence-corrected chi connectivity index (χ0v) is 22.4. The van der Waals surface area contributed by atoms with Gasteiger partial charge in [-0.15, -0.1) is 0 Å². The number of halogens is 1. The minimum absolute atomic E-state index is 0.0139. The van der Waals surface area contributed by atoms with Crippen LogP contribution in [0.15, 0.2) is 24.3 Å². The van der Waals surface area contributed by atoms with Crippen LogP contribution in [0.3, 0.4) is 0 Å². The number of hydrogen-bond acceptors (Lipinski definition) is 4. The van der Waals surface area contributed by atoms with E-state index in [1.54, 1.807) is 0 Å². The molecule has 3 amide bonds. The highest BCUT2D eigenvalue weighted by molar-refractivity contribution is 6.30. The first kappa shape index (κ1) is 28.5. The number of ether oxygens (including phenoxy) is 1. The summed E-state index contributed by atoms with van der Waals surface area (Å²) in [7, 11) is 1.95. The molecule has 9 heteroatoms. The first-order valence-electron chi connectivity index (χ1n) is 13.4. The van der Waals surface area contributed by atoms with Crippen molar-refractivity contribution in [2.24, 2.45) is 11.8 Å². The highest BCUT2D eigenvalue weighted by Crippen LogP contribution is 2.34. The molecule has 1 saturated heterocycles. The average Bonchev–Trinajstić information content (AvgIpc) is 2.88. The predicted molar refractivity (Wildman–Crippen MR) is 143 cm³/mol. The van der Waals surface area contributed by atoms with E-state index in [2.05, 4.69) is 22.9 Å². The maximum absolute atomic E-state index is 13.4. The number of benzene rings is 1. The van der Waals surface area contributed by atoms with Crippen LogP contribution in [0, 0.1) is 11.8 Å². The van der Waals surface area contributed by atoms with Crippen LogP contribution in [0.4, 0.5) is 9.59 Å². The third-order valence-electron chi connectivity index (χ3n) is 7.71. The highest BCUT2D eigenvalue weighted by atomic mass is 35.5. The van der Waals surface area contributed by atoms with Gasteiger partial charge < -0.3 is 30.7 Å². The van der Waals surface area contributed by atoms with E-state index in [-0.39, 0.29) is 43.3 Å². The summed E-state index contributed by atoms with van der Waals surface area (Å²) in [5, 5.41) is 18.5. The third-order valence-corrected chi connectivity index (χ3v) is 7.94. The fourth-order valence-electron chi connectivity index (χ4n) is 5.59. The van der Waals surface area contributed by atoms with E-state index < -0.39 is 6.09 Å². The number of piperidine rings is 1. The minimum atomic E-state index is -1.07. The average molecular weight is 523 g/mol. The van der Waals surface area contributed by atoms with Crippen molar-refractivity contribution in [3.05, 3.63) is 34.9 Å². The molecule has 36 heavy (non-hydrogen) atoms. The predicted octanol–water partition coefficient (Wildman–Crippen LogP) is 5.03. The van der Waals surface area contributed by atoms with Crippen LogP contribution in [-0.2, 0) is 4.74 Å². The quantitative estimate of drug-likeness (QED) is 0.305. The maximum Gasteiger partial charge on any atom is 0.404 e. The third kappa shape index (κ3) is 8.82. The van der Waals surface area contributed by atoms with Crippen LogP contribution in [0.1, 0.15) is 70.0 Å². The topological polar surface area (TPSA) is 103 Å². The molecule has 1 aliphatic carbocycles. The smallest absolute Gasteiger partial charge is 0.404 e. The fourth-order valence-corrected chi connectivity index (χ4v) is 5.79. The molecule has 1 aliphatic heterocycles. The van der Waals surface area contributed by atoms with Crippen molar-refractivity contribution in [3.63, 3.8) is 0 Å². The fraction of sp³-hybridized carbons (Fsp3) is 0.704. The molecule has 1 aromatic carbocycles. The van der Waals surface area contributed by atoms with Gasteiger partial charge in [-0.2, -0.15) is 0 Å². The number of rotatable bonds is 11. The molecule has 0 radical (unpaired) electrons. The Labute approximate surface area is 220 Å². The van der Waals surface area contributed by atoms with Gasteiger partial charge in [-0.1, -0.05) is 55.8 Å². The van der Waals surface area contributed by atoms with Crippen LogP contribution in [-0.4, -0.2) is 67.5 Å². The van der Waals surface area contributed by atoms with E-state index in [0.29, 0.717) is 17.5 Å². The largest absolute Gasteiger partial charge is 0.465 e. The summed E-state index contributed by atoms with van der Waals surface area (Å²) in [6.07, 6.45) is 7.89. The maximum atomic E-state index is 13.4. The summed E-state index contributed by atoms with van der Waals surface area (Å²) >= 11 is 6.26. The summed E-state index contributed by atoms with van der Waals surface area (Å²) in [5.41, 5.74) is 0.948. The van der Waals surface area contributed by atoms with Crippen LogP contribution < -0.4 is 16.0 Å². The number of hydrogen-bond donors (Lipinski definition) is 4. The highest BCUT2D eigenvalue weighted by Gasteiger charge is 2.33. The summed E-state index contributed by atoms with van der Waals surface area (Å²) in [5.74, 6) is 0.764. The molecule has 4 N–H and O–H groups in total. The second-order valence-corrected chi connectivity index (χ2v) is 10.7. The zero-order valence-electron chi connectivity index (χ0n) is 21.7. The normalized spacial score (nSPS) is 21.4. The lowest BCUT2D eigenvalue weighted by atomic mass is 9.83. The van der Waals surface area contributed by atoms with Crippen molar-refractivity contribution in [2.45, 2.75) is 76.5 Å². The monoisotopic (exact) mass is 522 g/mol. The molecule has 0 spiro atoms. The van der Waals surface area contributed by atoms with Gasteiger partial charge in [0.2, 0.25) is 0 Å². The lowest BCUT2D eigenvalue weighted by Gasteiger charge is -2.38. The van der Waals surface area contributed by atoms with Gasteiger partial charge in [0.1, 0.15) is 0 Å². The molecule has 1 saturated carbocycles. The molecule has 2 aliphatic rings. The summed E-state index contributed by atoms with van der Waals surface area (Å²) in [6, 6.07) is 7.86. The van der Waals surface area contributed by atoms with E-state index >= 15 is 0 Å². The molecule has 2 fully saturated rings. The van der Waals surface area contributed by atoms with Crippen LogP contribution in [0.25, 0.3) is 0 Å². The number of carboxylic acid groups (broad SMARTS) is 1. The first-order chi connectivity index (χ1) is 17.4. The number of nitrogens with one attached hydrogen (secondary N) is 3. The molecule has 8 nitrogen and oxygen atoms in total. The van der Waals surface area contributed by atoms with E-state index in [9.17, 15) is 9.59 Å². The Morgan fingerprint density at radius 3 is 2.67 bits per heavy atom.